The maximum Gasteiger partial charge on any atom is 0.435 e. The second-order valence-electron chi connectivity index (χ2n) is 5.65. The van der Waals surface area contributed by atoms with Gasteiger partial charge in [0, 0.05) is 13.2 Å². The van der Waals surface area contributed by atoms with Gasteiger partial charge in [0.2, 0.25) is 0 Å². The number of aliphatic carboxylic acids is 1. The number of alkyl halides is 3. The normalized spacial score (nSPS) is 21.7. The van der Waals surface area contributed by atoms with Gasteiger partial charge in [-0.15, -0.1) is 5.10 Å². The van der Waals surface area contributed by atoms with E-state index in [0.717, 1.165) is 4.68 Å². The number of aryl methyl sites for hydroxylation is 1. The highest BCUT2D eigenvalue weighted by Crippen LogP contribution is 2.37. The molecule has 0 spiro atoms. The van der Waals surface area contributed by atoms with Gasteiger partial charge >= 0.3 is 12.1 Å². The Hall–Kier alpha value is -2.39. The minimum absolute atomic E-state index is 0.0733. The number of carboxylic acid groups (broad SMARTS) is 1. The van der Waals surface area contributed by atoms with E-state index in [2.05, 4.69) is 15.4 Å². The second kappa shape index (κ2) is 5.36. The summed E-state index contributed by atoms with van der Waals surface area (Å²) in [6.45, 7) is 0. The van der Waals surface area contributed by atoms with Gasteiger partial charge in [0.05, 0.1) is 23.7 Å². The fourth-order valence-electron chi connectivity index (χ4n) is 2.89. The number of carboxylic acids is 1. The molecule has 1 N–H and O–H groups in total. The van der Waals surface area contributed by atoms with E-state index in [1.54, 1.807) is 0 Å². The van der Waals surface area contributed by atoms with Crippen molar-refractivity contribution in [1.82, 2.24) is 24.8 Å². The van der Waals surface area contributed by atoms with E-state index in [9.17, 15) is 18.0 Å². The lowest BCUT2D eigenvalue weighted by Gasteiger charge is -2.08. The molecule has 23 heavy (non-hydrogen) atoms. The van der Waals surface area contributed by atoms with E-state index in [1.165, 1.54) is 24.1 Å². The fraction of sp³-hybridized carbons (Fsp3) is 0.538. The van der Waals surface area contributed by atoms with Crippen LogP contribution in [0.2, 0.25) is 0 Å². The molecule has 1 saturated carbocycles. The first-order valence-corrected chi connectivity index (χ1v) is 7.01. The molecule has 1 aliphatic rings. The van der Waals surface area contributed by atoms with Crippen LogP contribution in [0.3, 0.4) is 0 Å². The number of halogens is 3. The smallest absolute Gasteiger partial charge is 0.435 e. The van der Waals surface area contributed by atoms with Gasteiger partial charge in [0.25, 0.3) is 0 Å². The molecule has 0 aliphatic heterocycles. The van der Waals surface area contributed by atoms with E-state index in [-0.39, 0.29) is 17.3 Å². The van der Waals surface area contributed by atoms with Crippen molar-refractivity contribution in [1.29, 1.82) is 0 Å². The summed E-state index contributed by atoms with van der Waals surface area (Å²) < 4.78 is 41.5. The maximum atomic E-state index is 13.0. The molecule has 1 aliphatic carbocycles. The average molecular weight is 329 g/mol. The SMILES string of the molecule is Cn1cc(-c2cn(C3CCC(C(=O)O)C3)nn2)c(C(F)(F)F)n1. The van der Waals surface area contributed by atoms with Gasteiger partial charge in [-0.1, -0.05) is 5.21 Å². The summed E-state index contributed by atoms with van der Waals surface area (Å²) in [5, 5.41) is 20.1. The molecule has 2 aromatic rings. The van der Waals surface area contributed by atoms with Gasteiger partial charge in [-0.3, -0.25) is 9.48 Å². The standard InChI is InChI=1S/C13H14F3N5O2/c1-20-5-9(11(18-20)13(14,15)16)10-6-21(19-17-10)8-3-2-7(4-8)12(22)23/h5-8H,2-4H2,1H3,(H,22,23). The molecule has 2 aromatic heterocycles. The lowest BCUT2D eigenvalue weighted by atomic mass is 10.1. The minimum Gasteiger partial charge on any atom is -0.481 e. The van der Waals surface area contributed by atoms with Crippen LogP contribution in [-0.2, 0) is 18.0 Å². The Kier molecular flexibility index (Phi) is 3.61. The van der Waals surface area contributed by atoms with E-state index in [0.29, 0.717) is 19.3 Å². The van der Waals surface area contributed by atoms with Gasteiger partial charge in [-0.2, -0.15) is 18.3 Å². The number of carbonyl (C=O) groups is 1. The van der Waals surface area contributed by atoms with Gasteiger partial charge < -0.3 is 5.11 Å². The summed E-state index contributed by atoms with van der Waals surface area (Å²) in [6, 6.07) is -0.164. The zero-order valence-electron chi connectivity index (χ0n) is 12.2. The van der Waals surface area contributed by atoms with Crippen molar-refractivity contribution < 1.29 is 23.1 Å². The Bertz CT molecular complexity index is 736. The van der Waals surface area contributed by atoms with E-state index in [4.69, 9.17) is 5.11 Å². The summed E-state index contributed by atoms with van der Waals surface area (Å²) in [5.41, 5.74) is -1.08. The van der Waals surface area contributed by atoms with Gasteiger partial charge in [-0.05, 0) is 19.3 Å². The van der Waals surface area contributed by atoms with Crippen LogP contribution in [-0.4, -0.2) is 35.9 Å². The molecule has 124 valence electrons. The first-order valence-electron chi connectivity index (χ1n) is 7.01. The van der Waals surface area contributed by atoms with Gasteiger partial charge in [-0.25, -0.2) is 4.68 Å². The first-order chi connectivity index (χ1) is 10.8. The van der Waals surface area contributed by atoms with Crippen molar-refractivity contribution in [3.05, 3.63) is 18.1 Å². The van der Waals surface area contributed by atoms with Crippen LogP contribution >= 0.6 is 0 Å². The molecule has 2 atom stereocenters. The highest BCUT2D eigenvalue weighted by Gasteiger charge is 2.38. The number of aromatic nitrogens is 5. The van der Waals surface area contributed by atoms with Crippen molar-refractivity contribution in [3.8, 4) is 11.3 Å². The Labute approximate surface area is 128 Å². The Balaban J connectivity index is 1.88. The third kappa shape index (κ3) is 2.92. The maximum absolute atomic E-state index is 13.0. The zero-order chi connectivity index (χ0) is 16.8. The summed E-state index contributed by atoms with van der Waals surface area (Å²) in [5.74, 6) is -1.31. The van der Waals surface area contributed by atoms with E-state index >= 15 is 0 Å². The molecule has 7 nitrogen and oxygen atoms in total. The highest BCUT2D eigenvalue weighted by atomic mass is 19.4. The zero-order valence-corrected chi connectivity index (χ0v) is 12.2. The molecule has 0 amide bonds. The van der Waals surface area contributed by atoms with E-state index < -0.39 is 23.8 Å². The number of rotatable bonds is 3. The first kappa shape index (κ1) is 15.5. The predicted octanol–water partition coefficient (Wildman–Crippen LogP) is 2.12. The third-order valence-corrected chi connectivity index (χ3v) is 4.01. The van der Waals surface area contributed by atoms with Crippen LogP contribution < -0.4 is 0 Å². The largest absolute Gasteiger partial charge is 0.481 e. The topological polar surface area (TPSA) is 85.8 Å². The highest BCUT2D eigenvalue weighted by molar-refractivity contribution is 5.70. The van der Waals surface area contributed by atoms with Crippen molar-refractivity contribution in [2.24, 2.45) is 13.0 Å². The van der Waals surface area contributed by atoms with Crippen molar-refractivity contribution in [2.45, 2.75) is 31.5 Å². The summed E-state index contributed by atoms with van der Waals surface area (Å²) >= 11 is 0. The molecule has 0 aromatic carbocycles. The molecule has 2 heterocycles. The van der Waals surface area contributed by atoms with E-state index in [1.807, 2.05) is 0 Å². The summed E-state index contributed by atoms with van der Waals surface area (Å²) in [4.78, 5) is 11.0. The Morgan fingerprint density at radius 3 is 2.70 bits per heavy atom. The van der Waals surface area contributed by atoms with Crippen LogP contribution in [0.5, 0.6) is 0 Å². The lowest BCUT2D eigenvalue weighted by molar-refractivity contribution is -0.142. The molecule has 0 bridgehead atoms. The average Bonchev–Trinajstić information content (AvgIpc) is 3.15. The second-order valence-corrected chi connectivity index (χ2v) is 5.65. The van der Waals surface area contributed by atoms with Crippen molar-refractivity contribution >= 4 is 5.97 Å². The quantitative estimate of drug-likeness (QED) is 0.932. The van der Waals surface area contributed by atoms with Gasteiger partial charge in [0.1, 0.15) is 5.69 Å². The predicted molar refractivity (Wildman–Crippen MR) is 71.2 cm³/mol. The Morgan fingerprint density at radius 1 is 1.35 bits per heavy atom. The van der Waals surface area contributed by atoms with Crippen LogP contribution in [0.1, 0.15) is 31.0 Å². The molecule has 3 rings (SSSR count). The third-order valence-electron chi connectivity index (χ3n) is 4.01. The number of hydrogen-bond acceptors (Lipinski definition) is 4. The van der Waals surface area contributed by atoms with Crippen LogP contribution in [0.15, 0.2) is 12.4 Å². The number of hydrogen-bond donors (Lipinski definition) is 1. The molecule has 0 radical (unpaired) electrons. The molecule has 2 unspecified atom stereocenters. The molecule has 1 fully saturated rings. The van der Waals surface area contributed by atoms with Gasteiger partial charge in [0.15, 0.2) is 5.69 Å². The molecular weight excluding hydrogens is 315 g/mol. The monoisotopic (exact) mass is 329 g/mol. The molecular formula is C13H14F3N5O2. The van der Waals surface area contributed by atoms with Crippen LogP contribution in [0, 0.1) is 5.92 Å². The minimum atomic E-state index is -4.58. The van der Waals surface area contributed by atoms with Crippen LogP contribution in [0.25, 0.3) is 11.3 Å². The summed E-state index contributed by atoms with van der Waals surface area (Å²) in [6.07, 6.45) is -0.388. The molecule has 10 heteroatoms. The molecule has 0 saturated heterocycles. The lowest BCUT2D eigenvalue weighted by Crippen LogP contribution is -2.11. The van der Waals surface area contributed by atoms with Crippen molar-refractivity contribution in [2.75, 3.05) is 0 Å². The summed E-state index contributed by atoms with van der Waals surface area (Å²) in [7, 11) is 1.40. The van der Waals surface area contributed by atoms with Crippen molar-refractivity contribution in [3.63, 3.8) is 0 Å². The Morgan fingerprint density at radius 2 is 2.09 bits per heavy atom. The number of nitrogens with zero attached hydrogens (tertiary/aromatic N) is 5. The van der Waals surface area contributed by atoms with Crippen LogP contribution in [0.4, 0.5) is 13.2 Å². The fourth-order valence-corrected chi connectivity index (χ4v) is 2.89.